The Labute approximate surface area is 130 Å². The fourth-order valence-corrected chi connectivity index (χ4v) is 3.56. The number of amides is 1. The number of hydrogen-bond acceptors (Lipinski definition) is 7. The van der Waals surface area contributed by atoms with Crippen molar-refractivity contribution in [3.63, 3.8) is 0 Å². The summed E-state index contributed by atoms with van der Waals surface area (Å²) in [6.45, 7) is 2.46. The molecule has 21 heavy (non-hydrogen) atoms. The van der Waals surface area contributed by atoms with Gasteiger partial charge in [-0.15, -0.1) is 10.2 Å². The number of carbonyl (C=O) groups is 1. The van der Waals surface area contributed by atoms with E-state index in [4.69, 9.17) is 4.42 Å². The minimum Gasteiger partial charge on any atom is -0.467 e. The topological polar surface area (TPSA) is 80.1 Å². The van der Waals surface area contributed by atoms with Crippen LogP contribution in [0.2, 0.25) is 0 Å². The lowest BCUT2D eigenvalue weighted by molar-refractivity contribution is -0.120. The summed E-state index contributed by atoms with van der Waals surface area (Å²) < 4.78 is 6.02. The van der Waals surface area contributed by atoms with Crippen molar-refractivity contribution in [1.29, 1.82) is 0 Å². The van der Waals surface area contributed by atoms with Crippen LogP contribution in [0.5, 0.6) is 0 Å². The minimum atomic E-state index is -0.156. The molecular formula is C13H16N4O2S2. The molecule has 1 aliphatic rings. The number of nitrogens with zero attached hydrogens (tertiary/aromatic N) is 2. The van der Waals surface area contributed by atoms with Gasteiger partial charge in [0.05, 0.1) is 18.1 Å². The van der Waals surface area contributed by atoms with Gasteiger partial charge >= 0.3 is 0 Å². The number of thioether (sulfide) groups is 1. The van der Waals surface area contributed by atoms with Crippen LogP contribution < -0.4 is 10.6 Å². The monoisotopic (exact) mass is 324 g/mol. The molecule has 1 amide bonds. The van der Waals surface area contributed by atoms with E-state index in [9.17, 15) is 4.79 Å². The maximum absolute atomic E-state index is 11.9. The van der Waals surface area contributed by atoms with Gasteiger partial charge in [0, 0.05) is 6.04 Å². The Morgan fingerprint density at radius 1 is 1.57 bits per heavy atom. The van der Waals surface area contributed by atoms with Crippen molar-refractivity contribution in [2.45, 2.75) is 41.9 Å². The van der Waals surface area contributed by atoms with E-state index in [0.717, 1.165) is 28.1 Å². The van der Waals surface area contributed by atoms with Crippen LogP contribution in [0.1, 0.15) is 25.5 Å². The van der Waals surface area contributed by atoms with E-state index in [1.165, 1.54) is 23.1 Å². The molecule has 1 saturated carbocycles. The van der Waals surface area contributed by atoms with Gasteiger partial charge in [-0.05, 0) is 31.9 Å². The van der Waals surface area contributed by atoms with Gasteiger partial charge in [-0.1, -0.05) is 23.1 Å². The molecule has 1 atom stereocenters. The first-order valence-electron chi connectivity index (χ1n) is 6.77. The van der Waals surface area contributed by atoms with Gasteiger partial charge in [0.15, 0.2) is 4.34 Å². The molecule has 2 N–H and O–H groups in total. The fourth-order valence-electron chi connectivity index (χ4n) is 1.66. The highest BCUT2D eigenvalue weighted by molar-refractivity contribution is 8.02. The molecule has 1 fully saturated rings. The highest BCUT2D eigenvalue weighted by Gasteiger charge is 2.26. The first-order valence-corrected chi connectivity index (χ1v) is 8.47. The van der Waals surface area contributed by atoms with Crippen molar-refractivity contribution in [2.75, 3.05) is 5.32 Å². The van der Waals surface area contributed by atoms with Gasteiger partial charge in [0.1, 0.15) is 5.76 Å². The molecule has 2 aromatic rings. The van der Waals surface area contributed by atoms with E-state index in [2.05, 4.69) is 20.8 Å². The third-order valence-corrected chi connectivity index (χ3v) is 5.04. The van der Waals surface area contributed by atoms with Crippen molar-refractivity contribution in [1.82, 2.24) is 15.5 Å². The maximum atomic E-state index is 11.9. The van der Waals surface area contributed by atoms with E-state index in [0.29, 0.717) is 12.6 Å². The molecular weight excluding hydrogens is 308 g/mol. The molecule has 0 aliphatic heterocycles. The van der Waals surface area contributed by atoms with E-state index < -0.39 is 0 Å². The highest BCUT2D eigenvalue weighted by Crippen LogP contribution is 2.29. The Balaban J connectivity index is 1.48. The standard InChI is InChI=1S/C13H16N4O2S2/c1-8(11(18)15-9-4-5-9)20-13-17-16-12(21-13)14-7-10-3-2-6-19-10/h2-3,6,8-9H,4-5,7H2,1H3,(H,14,16)(H,15,18). The number of nitrogens with one attached hydrogen (secondary N) is 2. The zero-order chi connectivity index (χ0) is 14.7. The molecule has 2 heterocycles. The van der Waals surface area contributed by atoms with Crippen LogP contribution in [0.4, 0.5) is 5.13 Å². The van der Waals surface area contributed by atoms with Gasteiger partial charge in [-0.2, -0.15) is 0 Å². The summed E-state index contributed by atoms with van der Waals surface area (Å²) in [5, 5.41) is 14.9. The van der Waals surface area contributed by atoms with E-state index in [-0.39, 0.29) is 11.2 Å². The number of rotatable bonds is 7. The van der Waals surface area contributed by atoms with Crippen LogP contribution in [0, 0.1) is 0 Å². The number of anilines is 1. The molecule has 0 saturated heterocycles. The van der Waals surface area contributed by atoms with E-state index in [1.54, 1.807) is 6.26 Å². The summed E-state index contributed by atoms with van der Waals surface area (Å²) in [4.78, 5) is 11.9. The van der Waals surface area contributed by atoms with Crippen molar-refractivity contribution in [2.24, 2.45) is 0 Å². The highest BCUT2D eigenvalue weighted by atomic mass is 32.2. The van der Waals surface area contributed by atoms with Gasteiger partial charge < -0.3 is 15.1 Å². The normalized spacial score (nSPS) is 15.7. The van der Waals surface area contributed by atoms with Gasteiger partial charge in [-0.3, -0.25) is 4.79 Å². The number of furan rings is 1. The molecule has 6 nitrogen and oxygen atoms in total. The lowest BCUT2D eigenvalue weighted by Crippen LogP contribution is -2.32. The largest absolute Gasteiger partial charge is 0.467 e. The molecule has 8 heteroatoms. The molecule has 3 rings (SSSR count). The summed E-state index contributed by atoms with van der Waals surface area (Å²) in [5.41, 5.74) is 0. The van der Waals surface area contributed by atoms with Gasteiger partial charge in [0.2, 0.25) is 11.0 Å². The predicted molar refractivity (Wildman–Crippen MR) is 82.4 cm³/mol. The lowest BCUT2D eigenvalue weighted by Gasteiger charge is -2.08. The number of aromatic nitrogens is 2. The third kappa shape index (κ3) is 4.21. The summed E-state index contributed by atoms with van der Waals surface area (Å²) in [6.07, 6.45) is 3.84. The Bertz CT molecular complexity index is 595. The molecule has 1 unspecified atom stereocenters. The van der Waals surface area contributed by atoms with Crippen molar-refractivity contribution < 1.29 is 9.21 Å². The van der Waals surface area contributed by atoms with E-state index in [1.807, 2.05) is 19.1 Å². The molecule has 112 valence electrons. The molecule has 0 spiro atoms. The molecule has 1 aliphatic carbocycles. The quantitative estimate of drug-likeness (QED) is 0.762. The zero-order valence-electron chi connectivity index (χ0n) is 11.5. The number of carbonyl (C=O) groups excluding carboxylic acids is 1. The maximum Gasteiger partial charge on any atom is 0.233 e. The SMILES string of the molecule is CC(Sc1nnc(NCc2ccco2)s1)C(=O)NC1CC1. The average Bonchev–Trinajstić information content (AvgIpc) is 2.96. The van der Waals surface area contributed by atoms with Crippen LogP contribution in [0.15, 0.2) is 27.2 Å². The average molecular weight is 324 g/mol. The summed E-state index contributed by atoms with van der Waals surface area (Å²) in [7, 11) is 0. The first-order chi connectivity index (χ1) is 10.2. The van der Waals surface area contributed by atoms with Crippen molar-refractivity contribution >= 4 is 34.1 Å². The third-order valence-electron chi connectivity index (χ3n) is 2.97. The van der Waals surface area contributed by atoms with Crippen LogP contribution in [0.3, 0.4) is 0 Å². The second-order valence-electron chi connectivity index (χ2n) is 4.85. The Morgan fingerprint density at radius 2 is 2.43 bits per heavy atom. The fraction of sp³-hybridized carbons (Fsp3) is 0.462. The second kappa shape index (κ2) is 6.48. The Hall–Kier alpha value is -1.54. The van der Waals surface area contributed by atoms with E-state index >= 15 is 0 Å². The Morgan fingerprint density at radius 3 is 3.14 bits per heavy atom. The van der Waals surface area contributed by atoms with Crippen molar-refractivity contribution in [3.8, 4) is 0 Å². The molecule has 0 bridgehead atoms. The van der Waals surface area contributed by atoms with Gasteiger partial charge in [-0.25, -0.2) is 0 Å². The van der Waals surface area contributed by atoms with Crippen LogP contribution in [0.25, 0.3) is 0 Å². The number of hydrogen-bond donors (Lipinski definition) is 2. The smallest absolute Gasteiger partial charge is 0.233 e. The van der Waals surface area contributed by atoms with Crippen LogP contribution >= 0.6 is 23.1 Å². The summed E-state index contributed by atoms with van der Waals surface area (Å²) in [5.74, 6) is 0.916. The summed E-state index contributed by atoms with van der Waals surface area (Å²) >= 11 is 2.88. The molecule has 2 aromatic heterocycles. The van der Waals surface area contributed by atoms with Crippen LogP contribution in [-0.2, 0) is 11.3 Å². The molecule has 0 radical (unpaired) electrons. The molecule has 0 aromatic carbocycles. The lowest BCUT2D eigenvalue weighted by atomic mass is 10.4. The van der Waals surface area contributed by atoms with Crippen LogP contribution in [-0.4, -0.2) is 27.4 Å². The second-order valence-corrected chi connectivity index (χ2v) is 7.41. The summed E-state index contributed by atoms with van der Waals surface area (Å²) in [6, 6.07) is 4.13. The zero-order valence-corrected chi connectivity index (χ0v) is 13.2. The predicted octanol–water partition coefficient (Wildman–Crippen LogP) is 2.50. The Kier molecular flexibility index (Phi) is 4.45. The first kappa shape index (κ1) is 14.4. The van der Waals surface area contributed by atoms with Gasteiger partial charge in [0.25, 0.3) is 0 Å². The minimum absolute atomic E-state index is 0.0720. The van der Waals surface area contributed by atoms with Crippen molar-refractivity contribution in [3.05, 3.63) is 24.2 Å².